The highest BCUT2D eigenvalue weighted by Crippen LogP contribution is 2.31. The number of hydrogen-bond acceptors (Lipinski definition) is 20. The molecule has 2 aliphatic carbocycles. The summed E-state index contributed by atoms with van der Waals surface area (Å²) in [4.78, 5) is 92.4. The van der Waals surface area contributed by atoms with E-state index in [-0.39, 0.29) is 63.5 Å². The van der Waals surface area contributed by atoms with Gasteiger partial charge in [-0.1, -0.05) is 59.1 Å². The molecule has 2 amide bonds. The van der Waals surface area contributed by atoms with E-state index >= 15 is 0 Å². The number of halogens is 3. The summed E-state index contributed by atoms with van der Waals surface area (Å²) in [6.45, 7) is 8.06. The van der Waals surface area contributed by atoms with Crippen molar-refractivity contribution in [2.75, 3.05) is 66.4 Å². The second kappa shape index (κ2) is 30.1. The molecule has 0 atom stereocenters. The van der Waals surface area contributed by atoms with Crippen molar-refractivity contribution in [2.45, 2.75) is 91.3 Å². The van der Waals surface area contributed by atoms with Gasteiger partial charge in [0.25, 0.3) is 28.5 Å². The number of fused-ring (bicyclic) bond motifs is 3. The number of methoxy groups -OCH3 is 2. The molecule has 11 aromatic rings. The lowest BCUT2D eigenvalue weighted by Gasteiger charge is -2.21. The molecule has 2 aromatic carbocycles. The van der Waals surface area contributed by atoms with Crippen molar-refractivity contribution in [1.29, 1.82) is 0 Å². The first-order chi connectivity index (χ1) is 47.6. The van der Waals surface area contributed by atoms with Crippen molar-refractivity contribution in [3.63, 3.8) is 0 Å². The Balaban J connectivity index is 0.000000151. The summed E-state index contributed by atoms with van der Waals surface area (Å²) in [7, 11) is 8.79. The molecule has 514 valence electrons. The molecule has 2 saturated carbocycles. The summed E-state index contributed by atoms with van der Waals surface area (Å²) in [5.74, 6) is 0.939. The SMILES string of the molecule is CCn1cc(Cl)cc(Nc2cc(N(C)Cc3ccc(OC)cc3)c3ncc(C(=O)NC4CC4)n3n2)c1=O.CCn1cc(Cl)cc(Nc2cc(N(C)Cc3ccc(OC)cc3)c3ncc(C(=O)O)n3n2)c1=O.CCn1cc(Cl)cc(Nc2cc(NC)c3ncc(C(=O)NC4CC4)n3n2)c1=O. The quantitative estimate of drug-likeness (QED) is 0.0313. The summed E-state index contributed by atoms with van der Waals surface area (Å²) in [5.41, 5.74) is 6.17. The van der Waals surface area contributed by atoms with Crippen LogP contribution < -0.4 is 67.9 Å². The lowest BCUT2D eigenvalue weighted by atomic mass is 10.2. The zero-order valence-corrected chi connectivity index (χ0v) is 57.4. The summed E-state index contributed by atoms with van der Waals surface area (Å²) in [6.07, 6.45) is 12.9. The average Bonchev–Trinajstić information content (AvgIpc) is 1.63. The van der Waals surface area contributed by atoms with Crippen LogP contribution in [0, 0.1) is 0 Å². The number of nitrogens with one attached hydrogen (secondary N) is 6. The number of carbonyl (C=O) groups is 3. The van der Waals surface area contributed by atoms with Crippen molar-refractivity contribution in [3.8, 4) is 11.5 Å². The molecule has 0 saturated heterocycles. The zero-order chi connectivity index (χ0) is 70.3. The van der Waals surface area contributed by atoms with Crippen LogP contribution >= 0.6 is 34.8 Å². The predicted molar refractivity (Wildman–Crippen MR) is 381 cm³/mol. The maximum absolute atomic E-state index is 12.9. The molecule has 0 bridgehead atoms. The molecular weight excluding hydrogens is 1340 g/mol. The smallest absolute Gasteiger partial charge is 0.356 e. The van der Waals surface area contributed by atoms with Crippen molar-refractivity contribution < 1.29 is 29.0 Å². The summed E-state index contributed by atoms with van der Waals surface area (Å²) < 4.78 is 19.2. The third-order valence-corrected chi connectivity index (χ3v) is 16.7. The standard InChI is InChI=1S/C26H28ClN7O3.C23H23ClN6O4.C18H20ClN7O2/c1-4-33-15-17(27)11-20(26(33)36)30-23-12-21(32(2)14-16-5-9-19(37-3)10-6-16)24-28-13-22(34(24)31-23)25(35)29-18-7-8-18;1-4-29-13-15(24)9-17(22(29)31)26-20-10-18(21-25-11-19(23(32)33)30(21)27-20)28(2)12-14-5-7-16(34-3)8-6-14;1-3-25-9-10(19)6-13(18(25)28)23-15-7-12(20-2)16-21-8-14(26(16)24-15)17(27)22-11-4-5-11/h5-6,9-13,15,18H,4,7-8,14H2,1-3H3,(H,29,35)(H,30,31);5-11,13H,4,12H2,1-3H3,(H,26,27)(H,32,33);6-9,11,20H,3-5H2,1-2H3,(H,22,27)(H,23,24). The molecule has 29 nitrogen and oxygen atoms in total. The number of aromatic carboxylic acids is 1. The third kappa shape index (κ3) is 16.0. The van der Waals surface area contributed by atoms with E-state index in [1.807, 2.05) is 99.3 Å². The highest BCUT2D eigenvalue weighted by Gasteiger charge is 2.29. The fraction of sp³-hybridized carbons (Fsp3) is 0.284. The number of carboxylic acids is 1. The molecule has 0 radical (unpaired) electrons. The Morgan fingerprint density at radius 2 is 0.859 bits per heavy atom. The predicted octanol–water partition coefficient (Wildman–Crippen LogP) is 9.74. The Kier molecular flexibility index (Phi) is 21.0. The summed E-state index contributed by atoms with van der Waals surface area (Å²) >= 11 is 18.6. The molecule has 0 aliphatic heterocycles. The number of imidazole rings is 3. The monoisotopic (exact) mass is 1400 g/mol. The van der Waals surface area contributed by atoms with Crippen molar-refractivity contribution in [3.05, 3.63) is 196 Å². The third-order valence-electron chi connectivity index (χ3n) is 16.1. The number of nitrogens with zero attached hydrogens (tertiary/aromatic N) is 14. The van der Waals surface area contributed by atoms with Gasteiger partial charge in [-0.2, -0.15) is 0 Å². The fourth-order valence-electron chi connectivity index (χ4n) is 10.6. The fourth-order valence-corrected chi connectivity index (χ4v) is 11.3. The van der Waals surface area contributed by atoms with Crippen LogP contribution in [0.4, 0.5) is 51.6 Å². The molecule has 9 heterocycles. The minimum Gasteiger partial charge on any atom is -0.497 e. The number of rotatable bonds is 23. The number of hydrogen-bond donors (Lipinski definition) is 7. The first kappa shape index (κ1) is 69.2. The van der Waals surface area contributed by atoms with Crippen molar-refractivity contribution in [2.24, 2.45) is 0 Å². The Hall–Kier alpha value is -11.2. The van der Waals surface area contributed by atoms with E-state index in [0.717, 1.165) is 54.0 Å². The van der Waals surface area contributed by atoms with Gasteiger partial charge in [-0.25, -0.2) is 33.3 Å². The molecule has 9 aromatic heterocycles. The lowest BCUT2D eigenvalue weighted by molar-refractivity contribution is 0.0687. The van der Waals surface area contributed by atoms with Crippen LogP contribution in [0.1, 0.15) is 89.0 Å². The van der Waals surface area contributed by atoms with Gasteiger partial charge in [-0.3, -0.25) is 24.0 Å². The van der Waals surface area contributed by atoms with Crippen molar-refractivity contribution in [1.82, 2.24) is 68.1 Å². The molecule has 0 unspecified atom stereocenters. The maximum atomic E-state index is 12.9. The molecule has 0 spiro atoms. The number of anilines is 9. The van der Waals surface area contributed by atoms with Gasteiger partial charge in [0, 0.05) is 103 Å². The normalized spacial score (nSPS) is 12.4. The number of carbonyl (C=O) groups excluding carboxylic acids is 2. The van der Waals surface area contributed by atoms with Crippen LogP contribution in [0.2, 0.25) is 15.1 Å². The molecule has 2 fully saturated rings. The number of aromatic nitrogens is 12. The van der Waals surface area contributed by atoms with Crippen LogP contribution in [0.15, 0.2) is 136 Å². The van der Waals surface area contributed by atoms with Crippen LogP contribution in [0.5, 0.6) is 11.5 Å². The lowest BCUT2D eigenvalue weighted by Crippen LogP contribution is -2.27. The average molecular weight is 1410 g/mol. The molecule has 99 heavy (non-hydrogen) atoms. The van der Waals surface area contributed by atoms with Gasteiger partial charge in [0.2, 0.25) is 0 Å². The largest absolute Gasteiger partial charge is 0.497 e. The van der Waals surface area contributed by atoms with Crippen molar-refractivity contribution >= 4 is 121 Å². The topological polar surface area (TPSA) is 325 Å². The second-order valence-corrected chi connectivity index (χ2v) is 24.5. The molecule has 13 rings (SSSR count). The number of aryl methyl sites for hydroxylation is 3. The van der Waals surface area contributed by atoms with E-state index in [1.165, 1.54) is 51.9 Å². The van der Waals surface area contributed by atoms with E-state index < -0.39 is 5.97 Å². The van der Waals surface area contributed by atoms with Gasteiger partial charge in [0.1, 0.15) is 28.6 Å². The van der Waals surface area contributed by atoms with Crippen LogP contribution in [0.25, 0.3) is 16.9 Å². The van der Waals surface area contributed by atoms with Gasteiger partial charge < -0.3 is 70.0 Å². The van der Waals surface area contributed by atoms with Gasteiger partial charge in [0.05, 0.1) is 64.9 Å². The molecule has 32 heteroatoms. The van der Waals surface area contributed by atoms with E-state index in [1.54, 1.807) is 64.1 Å². The van der Waals surface area contributed by atoms with E-state index in [2.05, 4.69) is 62.1 Å². The zero-order valence-electron chi connectivity index (χ0n) is 55.2. The number of ether oxygens (including phenoxy) is 2. The van der Waals surface area contributed by atoms with E-state index in [0.29, 0.717) is 105 Å². The number of pyridine rings is 3. The van der Waals surface area contributed by atoms with E-state index in [4.69, 9.17) is 44.3 Å². The van der Waals surface area contributed by atoms with Gasteiger partial charge in [-0.15, -0.1) is 15.3 Å². The van der Waals surface area contributed by atoms with Crippen LogP contribution in [0.3, 0.4) is 0 Å². The Labute approximate surface area is 580 Å². The minimum atomic E-state index is -1.17. The Bertz CT molecular complexity index is 5020. The maximum Gasteiger partial charge on any atom is 0.356 e. The van der Waals surface area contributed by atoms with Gasteiger partial charge in [-0.05, 0) is 100 Å². The number of amides is 2. The van der Waals surface area contributed by atoms with E-state index in [9.17, 15) is 33.9 Å². The first-order valence-electron chi connectivity index (χ1n) is 31.5. The number of carboxylic acid groups (broad SMARTS) is 1. The van der Waals surface area contributed by atoms with Gasteiger partial charge >= 0.3 is 5.97 Å². The summed E-state index contributed by atoms with van der Waals surface area (Å²) in [6, 6.07) is 25.7. The van der Waals surface area contributed by atoms with Crippen LogP contribution in [-0.2, 0) is 32.7 Å². The molecular formula is C67H71Cl3N20O9. The minimum absolute atomic E-state index is 0.102. The van der Waals surface area contributed by atoms with Crippen LogP contribution in [-0.4, -0.2) is 128 Å². The number of benzene rings is 2. The first-order valence-corrected chi connectivity index (χ1v) is 32.7. The summed E-state index contributed by atoms with van der Waals surface area (Å²) in [5, 5.41) is 42.4. The highest BCUT2D eigenvalue weighted by molar-refractivity contribution is 6.31. The molecule has 2 aliphatic rings. The van der Waals surface area contributed by atoms with Gasteiger partial charge in [0.15, 0.2) is 51.5 Å². The molecule has 7 N–H and O–H groups in total. The Morgan fingerprint density at radius 1 is 0.515 bits per heavy atom. The highest BCUT2D eigenvalue weighted by atomic mass is 35.5. The second-order valence-electron chi connectivity index (χ2n) is 23.2. The Morgan fingerprint density at radius 3 is 1.20 bits per heavy atom.